The first-order chi connectivity index (χ1) is 15.0. The topological polar surface area (TPSA) is 112 Å². The Morgan fingerprint density at radius 2 is 2.03 bits per heavy atom. The van der Waals surface area contributed by atoms with E-state index in [0.29, 0.717) is 17.4 Å². The summed E-state index contributed by atoms with van der Waals surface area (Å²) in [5, 5.41) is 11.7. The lowest BCUT2D eigenvalue weighted by molar-refractivity contribution is -0.170. The Hall–Kier alpha value is -1.79. The van der Waals surface area contributed by atoms with Crippen LogP contribution in [0.15, 0.2) is 14.6 Å². The van der Waals surface area contributed by atoms with Crippen LogP contribution in [-0.2, 0) is 29.8 Å². The van der Waals surface area contributed by atoms with Gasteiger partial charge in [-0.1, -0.05) is 23.2 Å². The van der Waals surface area contributed by atoms with Crippen LogP contribution in [0.2, 0.25) is 10.3 Å². The number of amides is 1. The number of aliphatic hydroxyl groups is 1. The maximum atomic E-state index is 13.6. The lowest BCUT2D eigenvalue weighted by Gasteiger charge is -2.24. The fourth-order valence-corrected chi connectivity index (χ4v) is 6.11. The Morgan fingerprint density at radius 1 is 1.34 bits per heavy atom. The van der Waals surface area contributed by atoms with Gasteiger partial charge in [-0.05, 0) is 20.8 Å². The number of aryl methyl sites for hydroxylation is 1. The second-order valence-corrected chi connectivity index (χ2v) is 10.2. The molecule has 1 amide bonds. The van der Waals surface area contributed by atoms with Crippen molar-refractivity contribution in [1.29, 1.82) is 0 Å². The minimum Gasteiger partial charge on any atom is -0.386 e. The highest BCUT2D eigenvalue weighted by molar-refractivity contribution is 8.00. The third kappa shape index (κ3) is 3.69. The lowest BCUT2D eigenvalue weighted by atomic mass is 9.96. The molecule has 2 aliphatic rings. The Labute approximate surface area is 197 Å². The molecule has 2 aliphatic heterocycles. The standard InChI is InChI=1S/C19H23Cl2N5O5S/c1-5-24-17-12(15(27)23(4)18(24)29)11(16(28)26-7-19(3,30)8-31-26)10(32-17)6-25-9(2)22-13(20)14(25)21/h10-11,30H,5-8H2,1-4H3/t10?,11?,19-/m0/s1. The summed E-state index contributed by atoms with van der Waals surface area (Å²) in [5.41, 5.74) is -1.93. The quantitative estimate of drug-likeness (QED) is 0.623. The van der Waals surface area contributed by atoms with Crippen molar-refractivity contribution in [3.05, 3.63) is 42.5 Å². The van der Waals surface area contributed by atoms with Crippen LogP contribution < -0.4 is 11.2 Å². The van der Waals surface area contributed by atoms with Crippen LogP contribution in [0.4, 0.5) is 0 Å². The maximum absolute atomic E-state index is 13.6. The molecule has 13 heteroatoms. The van der Waals surface area contributed by atoms with E-state index in [4.69, 9.17) is 28.0 Å². The van der Waals surface area contributed by atoms with Gasteiger partial charge in [0.1, 0.15) is 23.2 Å². The molecule has 0 saturated carbocycles. The number of halogens is 2. The number of imidazole rings is 1. The molecule has 2 aromatic heterocycles. The first-order valence-electron chi connectivity index (χ1n) is 10.0. The van der Waals surface area contributed by atoms with Crippen LogP contribution in [0.3, 0.4) is 0 Å². The Morgan fingerprint density at radius 3 is 2.56 bits per heavy atom. The zero-order valence-electron chi connectivity index (χ0n) is 18.0. The average molecular weight is 504 g/mol. The van der Waals surface area contributed by atoms with E-state index >= 15 is 0 Å². The van der Waals surface area contributed by atoms with E-state index in [1.165, 1.54) is 23.4 Å². The predicted octanol–water partition coefficient (Wildman–Crippen LogP) is 1.16. The van der Waals surface area contributed by atoms with Gasteiger partial charge in [-0.2, -0.15) is 0 Å². The minimum absolute atomic E-state index is 0.0283. The van der Waals surface area contributed by atoms with Crippen molar-refractivity contribution in [1.82, 2.24) is 23.7 Å². The number of carbonyl (C=O) groups is 1. The van der Waals surface area contributed by atoms with Crippen molar-refractivity contribution in [2.24, 2.45) is 7.05 Å². The molecule has 174 valence electrons. The Balaban J connectivity index is 1.84. The molecule has 4 rings (SSSR count). The Kier molecular flexibility index (Phi) is 6.00. The molecular weight excluding hydrogens is 481 g/mol. The van der Waals surface area contributed by atoms with Gasteiger partial charge >= 0.3 is 5.69 Å². The number of β-amino-alcohol motifs (C(OH)–C–C–N with tert-alkyl or cyclic N) is 1. The van der Waals surface area contributed by atoms with E-state index in [0.717, 1.165) is 9.63 Å². The number of fused-ring (bicyclic) bond motifs is 1. The van der Waals surface area contributed by atoms with Crippen molar-refractivity contribution >= 4 is 40.9 Å². The Bertz CT molecular complexity index is 1220. The minimum atomic E-state index is -1.19. The largest absolute Gasteiger partial charge is 0.386 e. The molecular formula is C19H23Cl2N5O5S. The number of hydrogen-bond acceptors (Lipinski definition) is 7. The average Bonchev–Trinajstić information content (AvgIpc) is 3.36. The van der Waals surface area contributed by atoms with E-state index in [-0.39, 0.29) is 35.6 Å². The van der Waals surface area contributed by atoms with Gasteiger partial charge in [0.05, 0.1) is 23.1 Å². The second-order valence-electron chi connectivity index (χ2n) is 8.24. The summed E-state index contributed by atoms with van der Waals surface area (Å²) in [6, 6.07) is 0. The third-order valence-electron chi connectivity index (χ3n) is 5.74. The summed E-state index contributed by atoms with van der Waals surface area (Å²) in [7, 11) is 1.39. The summed E-state index contributed by atoms with van der Waals surface area (Å²) < 4.78 is 4.17. The summed E-state index contributed by atoms with van der Waals surface area (Å²) >= 11 is 13.7. The molecule has 32 heavy (non-hydrogen) atoms. The molecule has 10 nitrogen and oxygen atoms in total. The number of rotatable bonds is 4. The van der Waals surface area contributed by atoms with Crippen LogP contribution in [0.5, 0.6) is 0 Å². The zero-order chi connectivity index (χ0) is 23.5. The highest BCUT2D eigenvalue weighted by Crippen LogP contribution is 2.46. The number of thioether (sulfide) groups is 1. The van der Waals surface area contributed by atoms with Gasteiger partial charge in [0, 0.05) is 25.4 Å². The molecule has 2 unspecified atom stereocenters. The predicted molar refractivity (Wildman–Crippen MR) is 119 cm³/mol. The van der Waals surface area contributed by atoms with Crippen LogP contribution in [0.1, 0.15) is 31.2 Å². The van der Waals surface area contributed by atoms with E-state index in [1.54, 1.807) is 25.3 Å². The molecule has 0 bridgehead atoms. The molecule has 4 heterocycles. The van der Waals surface area contributed by atoms with Gasteiger partial charge in [-0.3, -0.25) is 23.6 Å². The van der Waals surface area contributed by atoms with E-state index in [9.17, 15) is 19.5 Å². The molecule has 0 aromatic carbocycles. The third-order valence-corrected chi connectivity index (χ3v) is 7.87. The van der Waals surface area contributed by atoms with Crippen molar-refractivity contribution in [3.63, 3.8) is 0 Å². The van der Waals surface area contributed by atoms with Crippen LogP contribution in [0.25, 0.3) is 0 Å². The van der Waals surface area contributed by atoms with E-state index in [1.807, 2.05) is 0 Å². The molecule has 0 aliphatic carbocycles. The highest BCUT2D eigenvalue weighted by atomic mass is 35.5. The van der Waals surface area contributed by atoms with Crippen molar-refractivity contribution in [2.45, 2.75) is 55.7 Å². The summed E-state index contributed by atoms with van der Waals surface area (Å²) in [6.07, 6.45) is 0. The SMILES string of the molecule is CCn1c2c(c(=O)n(C)c1=O)C(C(=O)N1C[C@](C)(O)CO1)C(Cn1c(C)nc(Cl)c1Cl)S2. The summed E-state index contributed by atoms with van der Waals surface area (Å²) in [6.45, 7) is 5.61. The van der Waals surface area contributed by atoms with Gasteiger partial charge < -0.3 is 9.67 Å². The monoisotopic (exact) mass is 503 g/mol. The second kappa shape index (κ2) is 8.21. The molecule has 3 atom stereocenters. The fourth-order valence-electron chi connectivity index (χ4n) is 4.08. The number of hydroxylamine groups is 2. The van der Waals surface area contributed by atoms with E-state index < -0.39 is 33.9 Å². The van der Waals surface area contributed by atoms with Gasteiger partial charge in [-0.15, -0.1) is 11.8 Å². The molecule has 1 saturated heterocycles. The zero-order valence-corrected chi connectivity index (χ0v) is 20.3. The van der Waals surface area contributed by atoms with Crippen LogP contribution in [0, 0.1) is 6.92 Å². The summed E-state index contributed by atoms with van der Waals surface area (Å²) in [5.74, 6) is -0.820. The molecule has 2 aromatic rings. The van der Waals surface area contributed by atoms with Crippen molar-refractivity contribution in [3.8, 4) is 0 Å². The number of carbonyl (C=O) groups excluding carboxylic acids is 1. The molecule has 0 radical (unpaired) electrons. The van der Waals surface area contributed by atoms with Gasteiger partial charge in [0.15, 0.2) is 5.15 Å². The first-order valence-corrected chi connectivity index (χ1v) is 11.7. The normalized spacial score (nSPS) is 24.9. The highest BCUT2D eigenvalue weighted by Gasteiger charge is 2.48. The van der Waals surface area contributed by atoms with Gasteiger partial charge in [0.25, 0.3) is 11.5 Å². The van der Waals surface area contributed by atoms with Crippen molar-refractivity contribution < 1.29 is 14.7 Å². The van der Waals surface area contributed by atoms with Crippen LogP contribution in [-0.4, -0.2) is 58.8 Å². The smallest absolute Gasteiger partial charge is 0.331 e. The van der Waals surface area contributed by atoms with E-state index in [2.05, 4.69) is 4.98 Å². The fraction of sp³-hybridized carbons (Fsp3) is 0.579. The van der Waals surface area contributed by atoms with Gasteiger partial charge in [0.2, 0.25) is 0 Å². The van der Waals surface area contributed by atoms with Crippen LogP contribution >= 0.6 is 35.0 Å². The first kappa shape index (κ1) is 23.4. The van der Waals surface area contributed by atoms with Gasteiger partial charge in [-0.25, -0.2) is 14.8 Å². The lowest BCUT2D eigenvalue weighted by Crippen LogP contribution is -2.44. The molecule has 0 spiro atoms. The summed E-state index contributed by atoms with van der Waals surface area (Å²) in [4.78, 5) is 49.0. The molecule has 1 N–H and O–H groups in total. The number of nitrogens with zero attached hydrogens (tertiary/aromatic N) is 5. The maximum Gasteiger partial charge on any atom is 0.331 e. The number of hydrogen-bond donors (Lipinski definition) is 1. The molecule has 1 fully saturated rings. The van der Waals surface area contributed by atoms with Crippen molar-refractivity contribution in [2.75, 3.05) is 13.2 Å². The number of aromatic nitrogens is 4.